The third-order valence-corrected chi connectivity index (χ3v) is 3.74. The molecule has 0 aromatic carbocycles. The molecule has 1 unspecified atom stereocenters. The maximum absolute atomic E-state index is 11.9. The van der Waals surface area contributed by atoms with E-state index in [4.69, 9.17) is 4.52 Å². The molecule has 2 N–H and O–H groups in total. The lowest BCUT2D eigenvalue weighted by molar-refractivity contribution is -0.122. The summed E-state index contributed by atoms with van der Waals surface area (Å²) < 4.78 is 5.11. The largest absolute Gasteiger partial charge is 0.392 e. The highest BCUT2D eigenvalue weighted by Gasteiger charge is 2.30. The first-order chi connectivity index (χ1) is 10.1. The van der Waals surface area contributed by atoms with Gasteiger partial charge in [-0.3, -0.25) is 4.79 Å². The zero-order valence-corrected chi connectivity index (χ0v) is 14.5. The Hall–Kier alpha value is -1.43. The minimum absolute atomic E-state index is 0.0756. The Bertz CT molecular complexity index is 481. The fourth-order valence-corrected chi connectivity index (χ4v) is 2.25. The van der Waals surface area contributed by atoms with Crippen molar-refractivity contribution in [3.05, 3.63) is 11.7 Å². The van der Waals surface area contributed by atoms with Crippen LogP contribution in [-0.2, 0) is 11.2 Å². The Kier molecular flexibility index (Phi) is 6.53. The summed E-state index contributed by atoms with van der Waals surface area (Å²) in [7, 11) is 0. The Morgan fingerprint density at radius 2 is 1.95 bits per heavy atom. The molecular weight excluding hydrogens is 282 g/mol. The highest BCUT2D eigenvalue weighted by molar-refractivity contribution is 5.76. The van der Waals surface area contributed by atoms with E-state index in [9.17, 15) is 9.90 Å². The van der Waals surface area contributed by atoms with E-state index in [0.717, 1.165) is 0 Å². The first-order valence-electron chi connectivity index (χ1n) is 7.90. The molecule has 1 aromatic heterocycles. The molecule has 1 rings (SSSR count). The number of rotatable bonds is 8. The van der Waals surface area contributed by atoms with E-state index in [1.807, 2.05) is 41.5 Å². The van der Waals surface area contributed by atoms with Gasteiger partial charge in [0, 0.05) is 30.7 Å². The van der Waals surface area contributed by atoms with Crippen LogP contribution in [0, 0.1) is 11.3 Å². The number of nitrogens with one attached hydrogen (secondary N) is 1. The Morgan fingerprint density at radius 3 is 2.45 bits per heavy atom. The van der Waals surface area contributed by atoms with Gasteiger partial charge in [-0.25, -0.2) is 0 Å². The fourth-order valence-electron chi connectivity index (χ4n) is 2.25. The molecule has 0 aliphatic carbocycles. The van der Waals surface area contributed by atoms with E-state index in [2.05, 4.69) is 15.5 Å². The molecule has 1 aromatic rings. The molecule has 0 aliphatic rings. The Labute approximate surface area is 132 Å². The van der Waals surface area contributed by atoms with Gasteiger partial charge in [0.05, 0.1) is 6.10 Å². The number of aliphatic hydroxyl groups is 1. The van der Waals surface area contributed by atoms with Crippen LogP contribution < -0.4 is 5.32 Å². The number of amides is 1. The van der Waals surface area contributed by atoms with Crippen LogP contribution in [0.5, 0.6) is 0 Å². The topological polar surface area (TPSA) is 88.2 Å². The zero-order chi connectivity index (χ0) is 16.9. The molecule has 0 saturated heterocycles. The van der Waals surface area contributed by atoms with Gasteiger partial charge in [0.15, 0.2) is 5.82 Å². The zero-order valence-electron chi connectivity index (χ0n) is 14.5. The first-order valence-corrected chi connectivity index (χ1v) is 7.90. The third-order valence-electron chi connectivity index (χ3n) is 3.74. The molecule has 1 heterocycles. The third kappa shape index (κ3) is 5.40. The highest BCUT2D eigenvalue weighted by Crippen LogP contribution is 2.25. The van der Waals surface area contributed by atoms with Gasteiger partial charge in [0.1, 0.15) is 0 Å². The summed E-state index contributed by atoms with van der Waals surface area (Å²) in [6, 6.07) is 0. The fraction of sp³-hybridized carbons (Fsp3) is 0.812. The Morgan fingerprint density at radius 1 is 1.32 bits per heavy atom. The molecule has 6 heteroatoms. The van der Waals surface area contributed by atoms with Crippen molar-refractivity contribution >= 4 is 5.91 Å². The van der Waals surface area contributed by atoms with Crippen LogP contribution in [-0.4, -0.2) is 33.8 Å². The second-order valence-corrected chi connectivity index (χ2v) is 7.16. The smallest absolute Gasteiger partial charge is 0.227 e. The molecule has 0 bridgehead atoms. The van der Waals surface area contributed by atoms with E-state index in [1.165, 1.54) is 0 Å². The monoisotopic (exact) mass is 311 g/mol. The normalized spacial score (nSPS) is 13.7. The summed E-state index contributed by atoms with van der Waals surface area (Å²) >= 11 is 0. The van der Waals surface area contributed by atoms with Gasteiger partial charge >= 0.3 is 0 Å². The molecule has 0 saturated carbocycles. The van der Waals surface area contributed by atoms with Crippen molar-refractivity contribution in [2.45, 2.75) is 66.4 Å². The second-order valence-electron chi connectivity index (χ2n) is 7.16. The SMILES string of the molecule is CC(C)c1noc(CCC(=O)NCC(C)(C)C(O)C(C)C)n1. The molecule has 22 heavy (non-hydrogen) atoms. The van der Waals surface area contributed by atoms with Crippen molar-refractivity contribution in [1.82, 2.24) is 15.5 Å². The molecule has 0 radical (unpaired) electrons. The van der Waals surface area contributed by atoms with E-state index in [-0.39, 0.29) is 23.2 Å². The standard InChI is InChI=1S/C16H29N3O3/c1-10(2)14(21)16(5,6)9-17-12(20)7-8-13-18-15(11(3)4)19-22-13/h10-11,14,21H,7-9H2,1-6H3,(H,17,20). The quantitative estimate of drug-likeness (QED) is 0.769. The lowest BCUT2D eigenvalue weighted by atomic mass is 9.80. The maximum Gasteiger partial charge on any atom is 0.227 e. The summed E-state index contributed by atoms with van der Waals surface area (Å²) in [5, 5.41) is 16.9. The number of hydrogen-bond donors (Lipinski definition) is 2. The van der Waals surface area contributed by atoms with Crippen molar-refractivity contribution in [2.24, 2.45) is 11.3 Å². The minimum Gasteiger partial charge on any atom is -0.392 e. The van der Waals surface area contributed by atoms with Crippen LogP contribution in [0.3, 0.4) is 0 Å². The number of aromatic nitrogens is 2. The van der Waals surface area contributed by atoms with Gasteiger partial charge in [-0.15, -0.1) is 0 Å². The van der Waals surface area contributed by atoms with Crippen molar-refractivity contribution < 1.29 is 14.4 Å². The maximum atomic E-state index is 11.9. The van der Waals surface area contributed by atoms with Crippen LogP contribution in [0.1, 0.15) is 65.6 Å². The molecule has 6 nitrogen and oxygen atoms in total. The van der Waals surface area contributed by atoms with Crippen molar-refractivity contribution in [3.63, 3.8) is 0 Å². The summed E-state index contributed by atoms with van der Waals surface area (Å²) in [5.74, 6) is 1.44. The average Bonchev–Trinajstić information content (AvgIpc) is 2.91. The molecule has 126 valence electrons. The summed E-state index contributed by atoms with van der Waals surface area (Å²) in [6.07, 6.45) is 0.268. The van der Waals surface area contributed by atoms with Crippen molar-refractivity contribution in [2.75, 3.05) is 6.54 Å². The van der Waals surface area contributed by atoms with Crippen LogP contribution in [0.2, 0.25) is 0 Å². The van der Waals surface area contributed by atoms with E-state index < -0.39 is 6.10 Å². The molecule has 0 spiro atoms. The Balaban J connectivity index is 2.40. The van der Waals surface area contributed by atoms with Crippen molar-refractivity contribution in [3.8, 4) is 0 Å². The van der Waals surface area contributed by atoms with Gasteiger partial charge in [-0.2, -0.15) is 4.98 Å². The molecule has 0 aliphatic heterocycles. The number of aliphatic hydroxyl groups excluding tert-OH is 1. The van der Waals surface area contributed by atoms with Crippen LogP contribution in [0.15, 0.2) is 4.52 Å². The lowest BCUT2D eigenvalue weighted by Gasteiger charge is -2.33. The first kappa shape index (κ1) is 18.6. The van der Waals surface area contributed by atoms with E-state index in [0.29, 0.717) is 31.1 Å². The molecule has 0 fully saturated rings. The van der Waals surface area contributed by atoms with Gasteiger partial charge in [0.2, 0.25) is 11.8 Å². The van der Waals surface area contributed by atoms with E-state index in [1.54, 1.807) is 0 Å². The van der Waals surface area contributed by atoms with Gasteiger partial charge in [-0.1, -0.05) is 46.7 Å². The van der Waals surface area contributed by atoms with E-state index >= 15 is 0 Å². The lowest BCUT2D eigenvalue weighted by Crippen LogP contribution is -2.43. The number of carbonyl (C=O) groups excluding carboxylic acids is 1. The van der Waals surface area contributed by atoms with Gasteiger partial charge in [0.25, 0.3) is 0 Å². The highest BCUT2D eigenvalue weighted by atomic mass is 16.5. The van der Waals surface area contributed by atoms with Crippen LogP contribution in [0.25, 0.3) is 0 Å². The second kappa shape index (κ2) is 7.72. The summed E-state index contributed by atoms with van der Waals surface area (Å²) in [5.41, 5.74) is -0.362. The summed E-state index contributed by atoms with van der Waals surface area (Å²) in [4.78, 5) is 16.2. The summed E-state index contributed by atoms with van der Waals surface area (Å²) in [6.45, 7) is 12.3. The number of hydrogen-bond acceptors (Lipinski definition) is 5. The predicted molar refractivity (Wildman–Crippen MR) is 84.3 cm³/mol. The predicted octanol–water partition coefficient (Wildman–Crippen LogP) is 2.28. The van der Waals surface area contributed by atoms with Crippen LogP contribution >= 0.6 is 0 Å². The number of aryl methyl sites for hydroxylation is 1. The van der Waals surface area contributed by atoms with Gasteiger partial charge < -0.3 is 14.9 Å². The minimum atomic E-state index is -0.461. The average molecular weight is 311 g/mol. The molecular formula is C16H29N3O3. The van der Waals surface area contributed by atoms with Gasteiger partial charge in [-0.05, 0) is 5.92 Å². The number of nitrogens with zero attached hydrogens (tertiary/aromatic N) is 2. The van der Waals surface area contributed by atoms with Crippen LogP contribution in [0.4, 0.5) is 0 Å². The molecule has 1 amide bonds. The number of carbonyl (C=O) groups is 1. The molecule has 1 atom stereocenters. The van der Waals surface area contributed by atoms with Crippen molar-refractivity contribution in [1.29, 1.82) is 0 Å².